The number of carbonyl (C=O) groups is 2. The predicted octanol–water partition coefficient (Wildman–Crippen LogP) is 3.80. The topological polar surface area (TPSA) is 80.3 Å². The van der Waals surface area contributed by atoms with Gasteiger partial charge in [-0.2, -0.15) is 11.8 Å². The van der Waals surface area contributed by atoms with Crippen molar-refractivity contribution in [3.8, 4) is 5.75 Å². The van der Waals surface area contributed by atoms with Gasteiger partial charge in [0.15, 0.2) is 5.13 Å². The zero-order valence-electron chi connectivity index (χ0n) is 15.6. The smallest absolute Gasteiger partial charge is 0.251 e. The number of rotatable bonds is 8. The van der Waals surface area contributed by atoms with Crippen LogP contribution in [0, 0.1) is 0 Å². The van der Waals surface area contributed by atoms with Crippen LogP contribution in [0.3, 0.4) is 0 Å². The van der Waals surface area contributed by atoms with Gasteiger partial charge in [0.05, 0.1) is 17.3 Å². The molecule has 0 saturated carbocycles. The minimum atomic E-state index is -0.637. The van der Waals surface area contributed by atoms with Crippen LogP contribution in [0.4, 0.5) is 5.13 Å². The van der Waals surface area contributed by atoms with E-state index in [0.29, 0.717) is 17.1 Å². The number of nitrogens with one attached hydrogen (secondary N) is 2. The molecule has 0 aliphatic rings. The first kappa shape index (κ1) is 20.2. The molecule has 0 spiro atoms. The van der Waals surface area contributed by atoms with Crippen molar-refractivity contribution in [2.45, 2.75) is 12.5 Å². The molecule has 6 nitrogen and oxygen atoms in total. The van der Waals surface area contributed by atoms with E-state index in [2.05, 4.69) is 15.6 Å². The molecule has 8 heteroatoms. The quantitative estimate of drug-likeness (QED) is 0.585. The molecule has 1 unspecified atom stereocenters. The first-order valence-electron chi connectivity index (χ1n) is 8.71. The molecule has 0 fully saturated rings. The third-order valence-electron chi connectivity index (χ3n) is 4.09. The molecule has 2 amide bonds. The number of fused-ring (bicyclic) bond motifs is 1. The van der Waals surface area contributed by atoms with E-state index >= 15 is 0 Å². The van der Waals surface area contributed by atoms with Crippen molar-refractivity contribution in [1.82, 2.24) is 10.3 Å². The number of hydrogen-bond acceptors (Lipinski definition) is 6. The van der Waals surface area contributed by atoms with Gasteiger partial charge >= 0.3 is 0 Å². The van der Waals surface area contributed by atoms with Crippen molar-refractivity contribution in [3.05, 3.63) is 54.1 Å². The normalized spacial score (nSPS) is 11.8. The Morgan fingerprint density at radius 3 is 2.71 bits per heavy atom. The Balaban J connectivity index is 1.73. The van der Waals surface area contributed by atoms with Crippen molar-refractivity contribution in [2.24, 2.45) is 0 Å². The van der Waals surface area contributed by atoms with E-state index in [1.165, 1.54) is 11.3 Å². The number of amides is 2. The van der Waals surface area contributed by atoms with Crippen molar-refractivity contribution in [1.29, 1.82) is 0 Å². The highest BCUT2D eigenvalue weighted by molar-refractivity contribution is 7.98. The largest absolute Gasteiger partial charge is 0.497 e. The molecule has 1 atom stereocenters. The molecule has 146 valence electrons. The summed E-state index contributed by atoms with van der Waals surface area (Å²) in [7, 11) is 1.61. The summed E-state index contributed by atoms with van der Waals surface area (Å²) in [6.45, 7) is 0. The van der Waals surface area contributed by atoms with Gasteiger partial charge in [0.2, 0.25) is 5.91 Å². The number of hydrogen-bond donors (Lipinski definition) is 2. The summed E-state index contributed by atoms with van der Waals surface area (Å²) >= 11 is 3.00. The standard InChI is InChI=1S/C20H21N3O3S2/c1-26-14-8-9-15-17(12-14)28-20(22-15)23-19(25)16(10-11-27-2)21-18(24)13-6-4-3-5-7-13/h3-9,12,16H,10-11H2,1-2H3,(H,21,24)(H,22,23,25). The van der Waals surface area contributed by atoms with Crippen LogP contribution in [0.2, 0.25) is 0 Å². The van der Waals surface area contributed by atoms with Crippen LogP contribution >= 0.6 is 23.1 Å². The Hall–Kier alpha value is -2.58. The van der Waals surface area contributed by atoms with E-state index in [0.717, 1.165) is 21.7 Å². The number of methoxy groups -OCH3 is 1. The lowest BCUT2D eigenvalue weighted by molar-refractivity contribution is -0.118. The first-order valence-corrected chi connectivity index (χ1v) is 10.9. The summed E-state index contributed by atoms with van der Waals surface area (Å²) in [5.41, 5.74) is 1.31. The van der Waals surface area contributed by atoms with E-state index in [1.54, 1.807) is 43.1 Å². The Morgan fingerprint density at radius 1 is 1.21 bits per heavy atom. The Bertz CT molecular complexity index is 960. The van der Waals surface area contributed by atoms with Gasteiger partial charge in [0, 0.05) is 5.56 Å². The first-order chi connectivity index (χ1) is 13.6. The molecule has 0 radical (unpaired) electrons. The van der Waals surface area contributed by atoms with E-state index in [1.807, 2.05) is 30.5 Å². The molecule has 0 bridgehead atoms. The van der Waals surface area contributed by atoms with Gasteiger partial charge < -0.3 is 15.4 Å². The van der Waals surface area contributed by atoms with Crippen LogP contribution in [0.1, 0.15) is 16.8 Å². The van der Waals surface area contributed by atoms with Crippen LogP contribution in [0.5, 0.6) is 5.75 Å². The van der Waals surface area contributed by atoms with Crippen LogP contribution < -0.4 is 15.4 Å². The highest BCUT2D eigenvalue weighted by atomic mass is 32.2. The van der Waals surface area contributed by atoms with Crippen LogP contribution in [0.25, 0.3) is 10.2 Å². The Kier molecular flexibility index (Phi) is 6.89. The minimum Gasteiger partial charge on any atom is -0.497 e. The summed E-state index contributed by atoms with van der Waals surface area (Å²) in [5, 5.41) is 6.17. The Morgan fingerprint density at radius 2 is 2.00 bits per heavy atom. The number of anilines is 1. The van der Waals surface area contributed by atoms with Gasteiger partial charge in [-0.15, -0.1) is 0 Å². The summed E-state index contributed by atoms with van der Waals surface area (Å²) in [4.78, 5) is 29.7. The Labute approximate surface area is 171 Å². The second-order valence-corrected chi connectivity index (χ2v) is 8.03. The number of ether oxygens (including phenoxy) is 1. The fourth-order valence-corrected chi connectivity index (χ4v) is 3.98. The molecule has 0 aliphatic carbocycles. The van der Waals surface area contributed by atoms with Gasteiger partial charge in [0.25, 0.3) is 5.91 Å². The van der Waals surface area contributed by atoms with Crippen LogP contribution in [-0.2, 0) is 4.79 Å². The predicted molar refractivity (Wildman–Crippen MR) is 115 cm³/mol. The highest BCUT2D eigenvalue weighted by Gasteiger charge is 2.22. The zero-order valence-corrected chi connectivity index (χ0v) is 17.2. The van der Waals surface area contributed by atoms with Crippen molar-refractivity contribution in [2.75, 3.05) is 24.4 Å². The molecule has 0 saturated heterocycles. The molecule has 3 rings (SSSR count). The second-order valence-electron chi connectivity index (χ2n) is 6.02. The molecule has 2 aromatic carbocycles. The van der Waals surface area contributed by atoms with Crippen LogP contribution in [-0.4, -0.2) is 42.0 Å². The third kappa shape index (κ3) is 5.02. The number of aromatic nitrogens is 1. The molecular formula is C20H21N3O3S2. The SMILES string of the molecule is COc1ccc2nc(NC(=O)C(CCSC)NC(=O)c3ccccc3)sc2c1. The number of benzene rings is 2. The molecule has 1 heterocycles. The van der Waals surface area contributed by atoms with Crippen LogP contribution in [0.15, 0.2) is 48.5 Å². The summed E-state index contributed by atoms with van der Waals surface area (Å²) in [6, 6.07) is 13.8. The molecule has 3 aromatic rings. The lowest BCUT2D eigenvalue weighted by Gasteiger charge is -2.17. The molecule has 2 N–H and O–H groups in total. The van der Waals surface area contributed by atoms with E-state index in [-0.39, 0.29) is 11.8 Å². The number of thiazole rings is 1. The summed E-state index contributed by atoms with van der Waals surface area (Å²) in [6.07, 6.45) is 2.50. The highest BCUT2D eigenvalue weighted by Crippen LogP contribution is 2.29. The van der Waals surface area contributed by atoms with Gasteiger partial charge in [-0.05, 0) is 48.8 Å². The number of carbonyl (C=O) groups excluding carboxylic acids is 2. The van der Waals surface area contributed by atoms with Gasteiger partial charge in [-0.25, -0.2) is 4.98 Å². The van der Waals surface area contributed by atoms with Crippen molar-refractivity contribution < 1.29 is 14.3 Å². The lowest BCUT2D eigenvalue weighted by atomic mass is 10.1. The minimum absolute atomic E-state index is 0.268. The third-order valence-corrected chi connectivity index (χ3v) is 5.67. The van der Waals surface area contributed by atoms with Gasteiger partial charge in [-0.3, -0.25) is 9.59 Å². The van der Waals surface area contributed by atoms with E-state index in [9.17, 15) is 9.59 Å². The monoisotopic (exact) mass is 415 g/mol. The maximum absolute atomic E-state index is 12.8. The summed E-state index contributed by atoms with van der Waals surface area (Å²) < 4.78 is 6.14. The number of nitrogens with zero attached hydrogens (tertiary/aromatic N) is 1. The number of thioether (sulfide) groups is 1. The van der Waals surface area contributed by atoms with Crippen molar-refractivity contribution >= 4 is 50.3 Å². The van der Waals surface area contributed by atoms with E-state index in [4.69, 9.17) is 4.74 Å². The second kappa shape index (κ2) is 9.57. The molecule has 28 heavy (non-hydrogen) atoms. The maximum Gasteiger partial charge on any atom is 0.251 e. The van der Waals surface area contributed by atoms with Gasteiger partial charge in [0.1, 0.15) is 11.8 Å². The fraction of sp³-hybridized carbons (Fsp3) is 0.250. The maximum atomic E-state index is 12.8. The zero-order chi connectivity index (χ0) is 19.9. The molecule has 0 aliphatic heterocycles. The fourth-order valence-electron chi connectivity index (χ4n) is 2.61. The summed E-state index contributed by atoms with van der Waals surface area (Å²) in [5.74, 6) is 0.951. The molecule has 1 aromatic heterocycles. The average molecular weight is 416 g/mol. The lowest BCUT2D eigenvalue weighted by Crippen LogP contribution is -2.44. The van der Waals surface area contributed by atoms with Crippen molar-refractivity contribution in [3.63, 3.8) is 0 Å². The molecular weight excluding hydrogens is 394 g/mol. The average Bonchev–Trinajstić information content (AvgIpc) is 3.12. The van der Waals surface area contributed by atoms with Gasteiger partial charge in [-0.1, -0.05) is 29.5 Å². The van der Waals surface area contributed by atoms with E-state index < -0.39 is 6.04 Å².